The smallest absolute Gasteiger partial charge is 0.0507 e. The summed E-state index contributed by atoms with van der Waals surface area (Å²) < 4.78 is 0. The van der Waals surface area contributed by atoms with Gasteiger partial charge in [-0.1, -0.05) is 19.1 Å². The maximum Gasteiger partial charge on any atom is 0.0507 e. The molecule has 0 amide bonds. The van der Waals surface area contributed by atoms with E-state index in [4.69, 9.17) is 0 Å². The molecule has 2 heteroatoms. The fraction of sp³-hybridized carbons (Fsp3) is 0.455. The van der Waals surface area contributed by atoms with Gasteiger partial charge in [0.1, 0.15) is 0 Å². The first-order valence-electron chi connectivity index (χ1n) is 4.75. The van der Waals surface area contributed by atoms with Crippen molar-refractivity contribution < 1.29 is 0 Å². The van der Waals surface area contributed by atoms with E-state index in [-0.39, 0.29) is 0 Å². The van der Waals surface area contributed by atoms with Gasteiger partial charge in [-0.2, -0.15) is 0 Å². The van der Waals surface area contributed by atoms with Crippen LogP contribution in [0.5, 0.6) is 0 Å². The van der Waals surface area contributed by atoms with Crippen LogP contribution in [0.25, 0.3) is 0 Å². The van der Waals surface area contributed by atoms with E-state index in [2.05, 4.69) is 44.3 Å². The summed E-state index contributed by atoms with van der Waals surface area (Å²) in [6.45, 7) is 7.45. The van der Waals surface area contributed by atoms with Crippen LogP contribution in [0.3, 0.4) is 0 Å². The van der Waals surface area contributed by atoms with Crippen LogP contribution in [0.1, 0.15) is 19.4 Å². The van der Waals surface area contributed by atoms with Crippen molar-refractivity contribution >= 4 is 17.4 Å². The van der Waals surface area contributed by atoms with Gasteiger partial charge in [0.2, 0.25) is 0 Å². The molecule has 0 spiro atoms. The third-order valence-corrected chi connectivity index (χ3v) is 2.83. The normalized spacial score (nSPS) is 10.1. The van der Waals surface area contributed by atoms with Crippen molar-refractivity contribution in [2.24, 2.45) is 0 Å². The van der Waals surface area contributed by atoms with Crippen LogP contribution >= 0.6 is 11.8 Å². The van der Waals surface area contributed by atoms with Crippen LogP contribution in [0.4, 0.5) is 5.69 Å². The lowest BCUT2D eigenvalue weighted by molar-refractivity contribution is 1.17. The van der Waals surface area contributed by atoms with E-state index in [0.29, 0.717) is 0 Å². The van der Waals surface area contributed by atoms with Crippen LogP contribution in [0.15, 0.2) is 23.1 Å². The van der Waals surface area contributed by atoms with Gasteiger partial charge < -0.3 is 5.32 Å². The van der Waals surface area contributed by atoms with Crippen LogP contribution in [0, 0.1) is 6.92 Å². The Bertz CT molecular complexity index is 271. The SMILES string of the molecule is CCNc1c(C)cccc1SCC. The number of para-hydroxylation sites is 1. The molecule has 0 fully saturated rings. The number of anilines is 1. The Morgan fingerprint density at radius 3 is 2.69 bits per heavy atom. The second-order valence-corrected chi connectivity index (χ2v) is 4.22. The molecule has 1 nitrogen and oxygen atoms in total. The molecule has 1 aromatic carbocycles. The molecule has 0 bridgehead atoms. The molecule has 1 aromatic rings. The lowest BCUT2D eigenvalue weighted by atomic mass is 10.2. The molecule has 0 radical (unpaired) electrons. The fourth-order valence-corrected chi connectivity index (χ4v) is 2.18. The Balaban J connectivity index is 2.95. The number of hydrogen-bond donors (Lipinski definition) is 1. The lowest BCUT2D eigenvalue weighted by Crippen LogP contribution is -2.00. The molecule has 0 aliphatic heterocycles. The van der Waals surface area contributed by atoms with E-state index >= 15 is 0 Å². The third kappa shape index (κ3) is 2.66. The molecule has 0 aliphatic carbocycles. The summed E-state index contributed by atoms with van der Waals surface area (Å²) in [5.74, 6) is 1.13. The zero-order chi connectivity index (χ0) is 9.68. The number of thioether (sulfide) groups is 1. The first-order valence-corrected chi connectivity index (χ1v) is 5.74. The monoisotopic (exact) mass is 195 g/mol. The van der Waals surface area contributed by atoms with E-state index in [1.807, 2.05) is 11.8 Å². The average molecular weight is 195 g/mol. The zero-order valence-corrected chi connectivity index (χ0v) is 9.37. The second kappa shape index (κ2) is 5.18. The summed E-state index contributed by atoms with van der Waals surface area (Å²) in [6.07, 6.45) is 0. The summed E-state index contributed by atoms with van der Waals surface area (Å²) in [7, 11) is 0. The Hall–Kier alpha value is -0.630. The van der Waals surface area contributed by atoms with E-state index in [1.165, 1.54) is 16.1 Å². The lowest BCUT2D eigenvalue weighted by Gasteiger charge is -2.12. The summed E-state index contributed by atoms with van der Waals surface area (Å²) in [6, 6.07) is 6.45. The minimum Gasteiger partial charge on any atom is -0.384 e. The third-order valence-electron chi connectivity index (χ3n) is 1.89. The van der Waals surface area contributed by atoms with Crippen LogP contribution < -0.4 is 5.32 Å². The van der Waals surface area contributed by atoms with Gasteiger partial charge in [-0.25, -0.2) is 0 Å². The molecule has 13 heavy (non-hydrogen) atoms. The standard InChI is InChI=1S/C11H17NS/c1-4-12-11-9(3)7-6-8-10(11)13-5-2/h6-8,12H,4-5H2,1-3H3. The van der Waals surface area contributed by atoms with Crippen LogP contribution in [-0.2, 0) is 0 Å². The fourth-order valence-electron chi connectivity index (χ4n) is 1.32. The van der Waals surface area contributed by atoms with Crippen molar-refractivity contribution in [3.8, 4) is 0 Å². The number of aryl methyl sites for hydroxylation is 1. The predicted octanol–water partition coefficient (Wildman–Crippen LogP) is 3.54. The Labute approximate surface area is 84.9 Å². The first kappa shape index (κ1) is 10.5. The summed E-state index contributed by atoms with van der Waals surface area (Å²) >= 11 is 1.89. The van der Waals surface area contributed by atoms with Gasteiger partial charge in [0, 0.05) is 11.4 Å². The van der Waals surface area contributed by atoms with E-state index in [0.717, 1.165) is 12.3 Å². The van der Waals surface area contributed by atoms with Crippen molar-refractivity contribution in [3.05, 3.63) is 23.8 Å². The minimum absolute atomic E-state index is 0.988. The van der Waals surface area contributed by atoms with Crippen molar-refractivity contribution in [1.82, 2.24) is 0 Å². The van der Waals surface area contributed by atoms with Gasteiger partial charge in [-0.05, 0) is 31.2 Å². The molecule has 72 valence electrons. The predicted molar refractivity (Wildman–Crippen MR) is 61.7 cm³/mol. The quantitative estimate of drug-likeness (QED) is 0.737. The summed E-state index contributed by atoms with van der Waals surface area (Å²) in [5.41, 5.74) is 2.64. The van der Waals surface area contributed by atoms with Gasteiger partial charge in [-0.3, -0.25) is 0 Å². The van der Waals surface area contributed by atoms with Crippen LogP contribution in [0.2, 0.25) is 0 Å². The molecule has 1 rings (SSSR count). The number of nitrogens with one attached hydrogen (secondary N) is 1. The summed E-state index contributed by atoms with van der Waals surface area (Å²) in [4.78, 5) is 1.37. The number of hydrogen-bond acceptors (Lipinski definition) is 2. The largest absolute Gasteiger partial charge is 0.384 e. The molecular weight excluding hydrogens is 178 g/mol. The van der Waals surface area contributed by atoms with E-state index < -0.39 is 0 Å². The maximum absolute atomic E-state index is 3.41. The highest BCUT2D eigenvalue weighted by Crippen LogP contribution is 2.29. The molecular formula is C11H17NS. The molecule has 0 saturated carbocycles. The van der Waals surface area contributed by atoms with E-state index in [1.54, 1.807) is 0 Å². The molecule has 0 aliphatic rings. The summed E-state index contributed by atoms with van der Waals surface area (Å²) in [5, 5.41) is 3.41. The molecule has 1 N–H and O–H groups in total. The van der Waals surface area contributed by atoms with Crippen molar-refractivity contribution in [1.29, 1.82) is 0 Å². The highest BCUT2D eigenvalue weighted by Gasteiger charge is 2.02. The maximum atomic E-state index is 3.41. The average Bonchev–Trinajstić information content (AvgIpc) is 2.11. The molecule has 0 aromatic heterocycles. The van der Waals surface area contributed by atoms with E-state index in [9.17, 15) is 0 Å². The van der Waals surface area contributed by atoms with Crippen molar-refractivity contribution in [3.63, 3.8) is 0 Å². The van der Waals surface area contributed by atoms with Gasteiger partial charge in [0.25, 0.3) is 0 Å². The van der Waals surface area contributed by atoms with Crippen LogP contribution in [-0.4, -0.2) is 12.3 Å². The molecule has 0 saturated heterocycles. The molecule has 0 unspecified atom stereocenters. The van der Waals surface area contributed by atoms with Gasteiger partial charge in [0.15, 0.2) is 0 Å². The number of rotatable bonds is 4. The molecule has 0 heterocycles. The zero-order valence-electron chi connectivity index (χ0n) is 8.55. The highest BCUT2D eigenvalue weighted by atomic mass is 32.2. The topological polar surface area (TPSA) is 12.0 Å². The Kier molecular flexibility index (Phi) is 4.16. The Morgan fingerprint density at radius 2 is 2.08 bits per heavy atom. The van der Waals surface area contributed by atoms with Gasteiger partial charge in [-0.15, -0.1) is 11.8 Å². The Morgan fingerprint density at radius 1 is 1.31 bits per heavy atom. The second-order valence-electron chi connectivity index (χ2n) is 2.91. The van der Waals surface area contributed by atoms with Crippen molar-refractivity contribution in [2.45, 2.75) is 25.7 Å². The van der Waals surface area contributed by atoms with Gasteiger partial charge in [0.05, 0.1) is 5.69 Å². The van der Waals surface area contributed by atoms with Crippen molar-refractivity contribution in [2.75, 3.05) is 17.6 Å². The highest BCUT2D eigenvalue weighted by molar-refractivity contribution is 7.99. The van der Waals surface area contributed by atoms with Gasteiger partial charge >= 0.3 is 0 Å². The molecule has 0 atom stereocenters. The first-order chi connectivity index (χ1) is 6.29. The minimum atomic E-state index is 0.988. The number of benzene rings is 1.